The highest BCUT2D eigenvalue weighted by Gasteiger charge is 2.35. The highest BCUT2D eigenvalue weighted by molar-refractivity contribution is 7.89. The van der Waals surface area contributed by atoms with Crippen molar-refractivity contribution in [2.75, 3.05) is 13.2 Å². The molecule has 1 saturated heterocycles. The number of aliphatic hydroxyl groups excluding tert-OH is 1. The summed E-state index contributed by atoms with van der Waals surface area (Å²) in [7, 11) is -3.77. The molecule has 1 atom stereocenters. The van der Waals surface area contributed by atoms with Crippen LogP contribution >= 0.6 is 0 Å². The largest absolute Gasteiger partial charge is 0.478 e. The highest BCUT2D eigenvalue weighted by Crippen LogP contribution is 2.27. The fourth-order valence-electron chi connectivity index (χ4n) is 2.67. The van der Waals surface area contributed by atoms with Gasteiger partial charge in [-0.3, -0.25) is 0 Å². The Balaban J connectivity index is 2.45. The Hall–Kier alpha value is -1.44. The van der Waals surface area contributed by atoms with Crippen molar-refractivity contribution in [3.8, 4) is 0 Å². The number of aryl methyl sites for hydroxylation is 1. The molecule has 0 aromatic heterocycles. The summed E-state index contributed by atoms with van der Waals surface area (Å²) in [6.07, 6.45) is 1.84. The van der Waals surface area contributed by atoms with E-state index in [9.17, 15) is 23.4 Å². The molecular formula is C14H19NO5S. The molecule has 21 heavy (non-hydrogen) atoms. The summed E-state index contributed by atoms with van der Waals surface area (Å²) in [6, 6.07) is 3.77. The molecule has 1 aromatic carbocycles. The fourth-order valence-corrected chi connectivity index (χ4v) is 4.38. The third-order valence-corrected chi connectivity index (χ3v) is 5.78. The number of benzene rings is 1. The van der Waals surface area contributed by atoms with Crippen LogP contribution in [0.3, 0.4) is 0 Å². The second kappa shape index (κ2) is 6.13. The molecule has 0 spiro atoms. The van der Waals surface area contributed by atoms with E-state index in [4.69, 9.17) is 0 Å². The van der Waals surface area contributed by atoms with Gasteiger partial charge in [0.15, 0.2) is 0 Å². The minimum atomic E-state index is -3.77. The van der Waals surface area contributed by atoms with Gasteiger partial charge in [0.2, 0.25) is 10.0 Å². The lowest BCUT2D eigenvalue weighted by Gasteiger charge is -2.22. The molecule has 0 amide bonds. The molecular weight excluding hydrogens is 294 g/mol. The number of rotatable bonds is 5. The number of carboxylic acid groups (broad SMARTS) is 1. The van der Waals surface area contributed by atoms with Gasteiger partial charge in [-0.15, -0.1) is 0 Å². The zero-order valence-electron chi connectivity index (χ0n) is 11.8. The standard InChI is InChI=1S/C14H19NO5S/c1-2-10-5-6-12(8-13(10)14(17)18)21(19,20)15-7-3-4-11(15)9-16/h5-6,8,11,16H,2-4,7,9H2,1H3,(H,17,18). The van der Waals surface area contributed by atoms with E-state index in [1.807, 2.05) is 6.92 Å². The lowest BCUT2D eigenvalue weighted by Crippen LogP contribution is -2.37. The molecule has 0 bridgehead atoms. The summed E-state index contributed by atoms with van der Waals surface area (Å²) >= 11 is 0. The lowest BCUT2D eigenvalue weighted by molar-refractivity contribution is 0.0695. The number of hydrogen-bond acceptors (Lipinski definition) is 4. The van der Waals surface area contributed by atoms with E-state index in [1.165, 1.54) is 16.4 Å². The Morgan fingerprint density at radius 1 is 1.43 bits per heavy atom. The average Bonchev–Trinajstić information content (AvgIpc) is 2.95. The predicted octanol–water partition coefficient (Wildman–Crippen LogP) is 1.09. The Morgan fingerprint density at radius 3 is 2.71 bits per heavy atom. The quantitative estimate of drug-likeness (QED) is 0.848. The Labute approximate surface area is 124 Å². The summed E-state index contributed by atoms with van der Waals surface area (Å²) < 4.78 is 26.5. The van der Waals surface area contributed by atoms with Gasteiger partial charge in [-0.1, -0.05) is 13.0 Å². The molecule has 1 aliphatic heterocycles. The normalized spacial score (nSPS) is 19.8. The van der Waals surface area contributed by atoms with Crippen LogP contribution in [-0.2, 0) is 16.4 Å². The van der Waals surface area contributed by atoms with Crippen LogP contribution in [0.4, 0.5) is 0 Å². The summed E-state index contributed by atoms with van der Waals surface area (Å²) in [5.74, 6) is -1.14. The van der Waals surface area contributed by atoms with Crippen LogP contribution in [0, 0.1) is 0 Å². The highest BCUT2D eigenvalue weighted by atomic mass is 32.2. The topological polar surface area (TPSA) is 94.9 Å². The third kappa shape index (κ3) is 2.95. The van der Waals surface area contributed by atoms with Gasteiger partial charge in [-0.2, -0.15) is 4.31 Å². The predicted molar refractivity (Wildman–Crippen MR) is 76.8 cm³/mol. The number of aromatic carboxylic acids is 1. The average molecular weight is 313 g/mol. The van der Waals surface area contributed by atoms with E-state index in [0.29, 0.717) is 31.4 Å². The third-order valence-electron chi connectivity index (χ3n) is 3.83. The SMILES string of the molecule is CCc1ccc(S(=O)(=O)N2CCCC2CO)cc1C(=O)O. The number of carboxylic acids is 1. The number of sulfonamides is 1. The molecule has 1 aliphatic rings. The Kier molecular flexibility index (Phi) is 4.65. The first-order valence-electron chi connectivity index (χ1n) is 6.90. The van der Waals surface area contributed by atoms with Crippen molar-refractivity contribution >= 4 is 16.0 Å². The summed E-state index contributed by atoms with van der Waals surface area (Å²) in [5.41, 5.74) is 0.611. The van der Waals surface area contributed by atoms with Crippen LogP contribution in [-0.4, -0.2) is 48.1 Å². The molecule has 1 fully saturated rings. The van der Waals surface area contributed by atoms with Crippen molar-refractivity contribution in [2.45, 2.75) is 37.1 Å². The van der Waals surface area contributed by atoms with Gasteiger partial charge in [0, 0.05) is 12.6 Å². The number of nitrogens with zero attached hydrogens (tertiary/aromatic N) is 1. The van der Waals surface area contributed by atoms with Gasteiger partial charge in [0.25, 0.3) is 0 Å². The van der Waals surface area contributed by atoms with E-state index in [-0.39, 0.29) is 17.1 Å². The van der Waals surface area contributed by atoms with Crippen molar-refractivity contribution < 1.29 is 23.4 Å². The number of carbonyl (C=O) groups is 1. The molecule has 116 valence electrons. The van der Waals surface area contributed by atoms with Crippen molar-refractivity contribution in [2.24, 2.45) is 0 Å². The van der Waals surface area contributed by atoms with Crippen LogP contribution in [0.5, 0.6) is 0 Å². The number of hydrogen-bond donors (Lipinski definition) is 2. The van der Waals surface area contributed by atoms with E-state index in [0.717, 1.165) is 0 Å². The summed E-state index contributed by atoms with van der Waals surface area (Å²) in [5, 5.41) is 18.5. The maximum absolute atomic E-state index is 12.6. The fraction of sp³-hybridized carbons (Fsp3) is 0.500. The van der Waals surface area contributed by atoms with E-state index in [2.05, 4.69) is 0 Å². The molecule has 0 saturated carbocycles. The maximum Gasteiger partial charge on any atom is 0.336 e. The Bertz CT molecular complexity index is 641. The van der Waals surface area contributed by atoms with Crippen molar-refractivity contribution in [3.63, 3.8) is 0 Å². The van der Waals surface area contributed by atoms with Crippen molar-refractivity contribution in [1.82, 2.24) is 4.31 Å². The second-order valence-electron chi connectivity index (χ2n) is 5.07. The molecule has 1 unspecified atom stereocenters. The van der Waals surface area contributed by atoms with Crippen molar-refractivity contribution in [3.05, 3.63) is 29.3 Å². The first-order chi connectivity index (χ1) is 9.91. The first-order valence-corrected chi connectivity index (χ1v) is 8.34. The van der Waals surface area contributed by atoms with Crippen LogP contribution in [0.15, 0.2) is 23.1 Å². The van der Waals surface area contributed by atoms with Crippen LogP contribution in [0.2, 0.25) is 0 Å². The Morgan fingerprint density at radius 2 is 2.14 bits per heavy atom. The molecule has 1 aromatic rings. The van der Waals surface area contributed by atoms with Gasteiger partial charge in [0.05, 0.1) is 17.1 Å². The van der Waals surface area contributed by atoms with E-state index >= 15 is 0 Å². The minimum Gasteiger partial charge on any atom is -0.478 e. The summed E-state index contributed by atoms with van der Waals surface area (Å²) in [4.78, 5) is 11.2. The maximum atomic E-state index is 12.6. The molecule has 1 heterocycles. The first kappa shape index (κ1) is 15.9. The zero-order chi connectivity index (χ0) is 15.6. The van der Waals surface area contributed by atoms with Gasteiger partial charge in [-0.25, -0.2) is 13.2 Å². The van der Waals surface area contributed by atoms with Gasteiger partial charge >= 0.3 is 5.97 Å². The molecule has 7 heteroatoms. The van der Waals surface area contributed by atoms with Gasteiger partial charge in [0.1, 0.15) is 0 Å². The molecule has 6 nitrogen and oxygen atoms in total. The van der Waals surface area contributed by atoms with Crippen LogP contribution < -0.4 is 0 Å². The van der Waals surface area contributed by atoms with E-state index < -0.39 is 22.0 Å². The molecule has 2 rings (SSSR count). The zero-order valence-corrected chi connectivity index (χ0v) is 12.6. The molecule has 0 aliphatic carbocycles. The van der Waals surface area contributed by atoms with Crippen molar-refractivity contribution in [1.29, 1.82) is 0 Å². The minimum absolute atomic E-state index is 0.0123. The lowest BCUT2D eigenvalue weighted by atomic mass is 10.1. The molecule has 2 N–H and O–H groups in total. The van der Waals surface area contributed by atoms with Gasteiger partial charge in [-0.05, 0) is 37.0 Å². The smallest absolute Gasteiger partial charge is 0.336 e. The molecule has 0 radical (unpaired) electrons. The van der Waals surface area contributed by atoms with Crippen LogP contribution in [0.25, 0.3) is 0 Å². The number of aliphatic hydroxyl groups is 1. The second-order valence-corrected chi connectivity index (χ2v) is 6.96. The monoisotopic (exact) mass is 313 g/mol. The van der Waals surface area contributed by atoms with Crippen LogP contribution in [0.1, 0.15) is 35.7 Å². The summed E-state index contributed by atoms with van der Waals surface area (Å²) in [6.45, 7) is 1.95. The van der Waals surface area contributed by atoms with E-state index in [1.54, 1.807) is 6.07 Å². The van der Waals surface area contributed by atoms with Gasteiger partial charge < -0.3 is 10.2 Å².